The van der Waals surface area contributed by atoms with Gasteiger partial charge in [-0.3, -0.25) is 4.98 Å². The molecule has 5 rings (SSSR count). The average Bonchev–Trinajstić information content (AvgIpc) is 3.33. The van der Waals surface area contributed by atoms with Gasteiger partial charge in [-0.05, 0) is 55.5 Å². The van der Waals surface area contributed by atoms with Crippen LogP contribution in [0.3, 0.4) is 0 Å². The number of benzene rings is 1. The maximum absolute atomic E-state index is 6.33. The highest BCUT2D eigenvalue weighted by Gasteiger charge is 2.28. The minimum absolute atomic E-state index is 0.0603. The fraction of sp³-hybridized carbons (Fsp3) is 0.286. The zero-order valence-corrected chi connectivity index (χ0v) is 15.0. The Kier molecular flexibility index (Phi) is 3.98. The molecule has 6 heteroatoms. The van der Waals surface area contributed by atoms with E-state index in [1.165, 1.54) is 17.3 Å². The summed E-state index contributed by atoms with van der Waals surface area (Å²) in [5.74, 6) is 0.496. The molecule has 0 spiro atoms. The summed E-state index contributed by atoms with van der Waals surface area (Å²) in [5.41, 5.74) is 10.2. The quantitative estimate of drug-likeness (QED) is 0.601. The Morgan fingerprint density at radius 1 is 1.11 bits per heavy atom. The Morgan fingerprint density at radius 2 is 2.07 bits per heavy atom. The van der Waals surface area contributed by atoms with Crippen molar-refractivity contribution in [3.05, 3.63) is 66.2 Å². The zero-order chi connectivity index (χ0) is 18.2. The van der Waals surface area contributed by atoms with Gasteiger partial charge in [0.25, 0.3) is 0 Å². The van der Waals surface area contributed by atoms with Crippen LogP contribution < -0.4 is 5.73 Å². The van der Waals surface area contributed by atoms with Crippen molar-refractivity contribution in [2.45, 2.75) is 37.9 Å². The largest absolute Gasteiger partial charge is 0.382 e. The number of anilines is 1. The highest BCUT2D eigenvalue weighted by atomic mass is 16.5. The van der Waals surface area contributed by atoms with E-state index in [1.807, 2.05) is 28.9 Å². The van der Waals surface area contributed by atoms with Crippen LogP contribution in [0.15, 0.2) is 55.0 Å². The van der Waals surface area contributed by atoms with E-state index in [1.54, 1.807) is 0 Å². The maximum Gasteiger partial charge on any atom is 0.151 e. The molecule has 1 aromatic carbocycles. The lowest BCUT2D eigenvalue weighted by atomic mass is 10.0. The van der Waals surface area contributed by atoms with Gasteiger partial charge in [0.2, 0.25) is 0 Å². The van der Waals surface area contributed by atoms with E-state index >= 15 is 0 Å². The average molecular weight is 359 g/mol. The topological polar surface area (TPSA) is 78.3 Å². The predicted octanol–water partition coefficient (Wildman–Crippen LogP) is 3.71. The van der Waals surface area contributed by atoms with Crippen molar-refractivity contribution < 1.29 is 4.74 Å². The molecule has 1 fully saturated rings. The van der Waals surface area contributed by atoms with Gasteiger partial charge in [0.15, 0.2) is 5.82 Å². The van der Waals surface area contributed by atoms with E-state index in [0.717, 1.165) is 42.4 Å². The number of ether oxygens (including phenoxy) is 1. The van der Waals surface area contributed by atoms with Gasteiger partial charge in [-0.1, -0.05) is 18.2 Å². The predicted molar refractivity (Wildman–Crippen MR) is 104 cm³/mol. The molecule has 3 aromatic heterocycles. The molecule has 0 aliphatic carbocycles. The van der Waals surface area contributed by atoms with Crippen molar-refractivity contribution in [2.75, 3.05) is 5.73 Å². The van der Waals surface area contributed by atoms with Gasteiger partial charge in [-0.2, -0.15) is 5.10 Å². The van der Waals surface area contributed by atoms with Crippen LogP contribution >= 0.6 is 0 Å². The molecule has 0 saturated carbocycles. The van der Waals surface area contributed by atoms with Gasteiger partial charge in [0.1, 0.15) is 11.8 Å². The molecule has 2 atom stereocenters. The Hall–Kier alpha value is -2.99. The number of pyridine rings is 1. The number of fused-ring (bicyclic) bond motifs is 2. The summed E-state index contributed by atoms with van der Waals surface area (Å²) in [6.45, 7) is 0. The Labute approximate surface area is 157 Å². The van der Waals surface area contributed by atoms with E-state index < -0.39 is 0 Å². The molecular formula is C21H21N5O. The van der Waals surface area contributed by atoms with Crippen LogP contribution in [0.25, 0.3) is 16.4 Å². The van der Waals surface area contributed by atoms with E-state index in [0.29, 0.717) is 5.82 Å². The van der Waals surface area contributed by atoms with Gasteiger partial charge in [-0.25, -0.2) is 9.50 Å². The Morgan fingerprint density at radius 3 is 3.04 bits per heavy atom. The third kappa shape index (κ3) is 3.02. The second-order valence-electron chi connectivity index (χ2n) is 7.09. The lowest BCUT2D eigenvalue weighted by Crippen LogP contribution is -2.10. The SMILES string of the molecule is Nc1ncnn2c(C3CCC(CCc4ccc5cccnc5c4)O3)ccc12. The van der Waals surface area contributed by atoms with Gasteiger partial charge >= 0.3 is 0 Å². The summed E-state index contributed by atoms with van der Waals surface area (Å²) in [5, 5.41) is 5.51. The molecule has 1 aliphatic rings. The molecule has 0 amide bonds. The van der Waals surface area contributed by atoms with Gasteiger partial charge in [0.05, 0.1) is 23.4 Å². The third-order valence-electron chi connectivity index (χ3n) is 5.37. The molecule has 0 bridgehead atoms. The van der Waals surface area contributed by atoms with E-state index in [4.69, 9.17) is 10.5 Å². The number of aryl methyl sites for hydroxylation is 1. The number of nitrogen functional groups attached to an aromatic ring is 1. The van der Waals surface area contributed by atoms with E-state index in [-0.39, 0.29) is 12.2 Å². The normalized spacial score (nSPS) is 19.9. The Balaban J connectivity index is 1.27. The van der Waals surface area contributed by atoms with Gasteiger partial charge < -0.3 is 10.5 Å². The van der Waals surface area contributed by atoms with Crippen molar-refractivity contribution in [1.29, 1.82) is 0 Å². The summed E-state index contributed by atoms with van der Waals surface area (Å²) in [6.07, 6.45) is 7.72. The van der Waals surface area contributed by atoms with E-state index in [9.17, 15) is 0 Å². The van der Waals surface area contributed by atoms with Crippen molar-refractivity contribution in [1.82, 2.24) is 19.6 Å². The maximum atomic E-state index is 6.33. The number of aromatic nitrogens is 4. The van der Waals surface area contributed by atoms with Gasteiger partial charge in [0, 0.05) is 11.6 Å². The van der Waals surface area contributed by atoms with Crippen molar-refractivity contribution in [3.63, 3.8) is 0 Å². The molecule has 6 nitrogen and oxygen atoms in total. The first-order chi connectivity index (χ1) is 13.3. The van der Waals surface area contributed by atoms with Crippen LogP contribution in [0.2, 0.25) is 0 Å². The minimum Gasteiger partial charge on any atom is -0.382 e. The lowest BCUT2D eigenvalue weighted by Gasteiger charge is -2.14. The molecule has 4 heterocycles. The lowest BCUT2D eigenvalue weighted by molar-refractivity contribution is 0.0370. The van der Waals surface area contributed by atoms with Crippen LogP contribution in [0.5, 0.6) is 0 Å². The van der Waals surface area contributed by atoms with Crippen LogP contribution in [0.1, 0.15) is 36.6 Å². The first kappa shape index (κ1) is 16.2. The second-order valence-corrected chi connectivity index (χ2v) is 7.09. The van der Waals surface area contributed by atoms with Crippen molar-refractivity contribution in [2.24, 2.45) is 0 Å². The second kappa shape index (κ2) is 6.63. The molecule has 136 valence electrons. The van der Waals surface area contributed by atoms with E-state index in [2.05, 4.69) is 39.3 Å². The summed E-state index contributed by atoms with van der Waals surface area (Å²) < 4.78 is 8.18. The highest BCUT2D eigenvalue weighted by Crippen LogP contribution is 2.35. The number of nitrogens with zero attached hydrogens (tertiary/aromatic N) is 4. The summed E-state index contributed by atoms with van der Waals surface area (Å²) in [4.78, 5) is 8.49. The molecule has 27 heavy (non-hydrogen) atoms. The first-order valence-electron chi connectivity index (χ1n) is 9.35. The number of hydrogen-bond acceptors (Lipinski definition) is 5. The Bertz CT molecular complexity index is 1110. The molecule has 0 radical (unpaired) electrons. The smallest absolute Gasteiger partial charge is 0.151 e. The minimum atomic E-state index is 0.0603. The molecule has 4 aromatic rings. The standard InChI is InChI=1S/C21H21N5O/c22-21-19-9-8-18(26(19)25-13-24-21)20-10-7-16(27-20)6-4-14-3-5-15-2-1-11-23-17(15)12-14/h1-3,5,8-9,11-13,16,20H,4,6-7,10H2,(H2,22,24,25). The third-order valence-corrected chi connectivity index (χ3v) is 5.37. The van der Waals surface area contributed by atoms with Crippen LogP contribution in [-0.2, 0) is 11.2 Å². The van der Waals surface area contributed by atoms with Gasteiger partial charge in [-0.15, -0.1) is 0 Å². The van der Waals surface area contributed by atoms with Crippen LogP contribution in [0.4, 0.5) is 5.82 Å². The fourth-order valence-electron chi connectivity index (χ4n) is 3.95. The first-order valence-corrected chi connectivity index (χ1v) is 9.35. The summed E-state index contributed by atoms with van der Waals surface area (Å²) in [6, 6.07) is 14.6. The molecule has 2 N–H and O–H groups in total. The molecular weight excluding hydrogens is 338 g/mol. The molecule has 2 unspecified atom stereocenters. The summed E-state index contributed by atoms with van der Waals surface area (Å²) in [7, 11) is 0. The number of nitrogens with two attached hydrogens (primary N) is 1. The summed E-state index contributed by atoms with van der Waals surface area (Å²) >= 11 is 0. The monoisotopic (exact) mass is 359 g/mol. The van der Waals surface area contributed by atoms with Crippen LogP contribution in [-0.4, -0.2) is 25.7 Å². The number of hydrogen-bond donors (Lipinski definition) is 1. The number of rotatable bonds is 4. The highest BCUT2D eigenvalue weighted by molar-refractivity contribution is 5.78. The van der Waals surface area contributed by atoms with Crippen molar-refractivity contribution in [3.8, 4) is 0 Å². The molecule has 1 saturated heterocycles. The van der Waals surface area contributed by atoms with Crippen LogP contribution in [0, 0.1) is 0 Å². The fourth-order valence-corrected chi connectivity index (χ4v) is 3.95. The van der Waals surface area contributed by atoms with Crippen molar-refractivity contribution >= 4 is 22.2 Å². The molecule has 1 aliphatic heterocycles. The zero-order valence-electron chi connectivity index (χ0n) is 15.0.